The quantitative estimate of drug-likeness (QED) is 0.323. The number of nitro groups is 1. The van der Waals surface area contributed by atoms with Crippen LogP contribution in [-0.2, 0) is 11.3 Å². The van der Waals surface area contributed by atoms with Gasteiger partial charge in [0, 0.05) is 12.6 Å². The number of ether oxygens (including phenoxy) is 1. The Labute approximate surface area is 192 Å². The summed E-state index contributed by atoms with van der Waals surface area (Å²) in [7, 11) is 0. The summed E-state index contributed by atoms with van der Waals surface area (Å²) in [4.78, 5) is 49.3. The van der Waals surface area contributed by atoms with Gasteiger partial charge in [-0.25, -0.2) is 4.39 Å². The summed E-state index contributed by atoms with van der Waals surface area (Å²) in [6.07, 6.45) is 0. The van der Waals surface area contributed by atoms with Gasteiger partial charge in [-0.05, 0) is 55.0 Å². The summed E-state index contributed by atoms with van der Waals surface area (Å²) < 4.78 is 18.6. The third-order valence-electron chi connectivity index (χ3n) is 5.33. The first-order chi connectivity index (χ1) is 16.3. The van der Waals surface area contributed by atoms with Crippen molar-refractivity contribution in [3.05, 3.63) is 99.4 Å². The summed E-state index contributed by atoms with van der Waals surface area (Å²) >= 11 is 0. The number of rotatable bonds is 7. The summed E-state index contributed by atoms with van der Waals surface area (Å²) in [6, 6.07) is 15.0. The fourth-order valence-electron chi connectivity index (χ4n) is 3.56. The maximum atomic E-state index is 13.0. The minimum absolute atomic E-state index is 0.101. The summed E-state index contributed by atoms with van der Waals surface area (Å²) in [5, 5.41) is 13.9. The number of amides is 3. The van der Waals surface area contributed by atoms with E-state index in [4.69, 9.17) is 4.74 Å². The molecule has 3 aromatic carbocycles. The fraction of sp³-hybridized carbons (Fsp3) is 0.125. The van der Waals surface area contributed by atoms with Gasteiger partial charge in [-0.1, -0.05) is 18.2 Å². The van der Waals surface area contributed by atoms with Gasteiger partial charge in [0.1, 0.15) is 28.9 Å². The molecule has 0 aliphatic carbocycles. The van der Waals surface area contributed by atoms with Crippen molar-refractivity contribution in [1.82, 2.24) is 10.2 Å². The van der Waals surface area contributed by atoms with E-state index >= 15 is 0 Å². The zero-order valence-electron chi connectivity index (χ0n) is 17.9. The van der Waals surface area contributed by atoms with Gasteiger partial charge < -0.3 is 10.1 Å². The number of nitrogens with zero attached hydrogens (tertiary/aromatic N) is 2. The Hall–Kier alpha value is -4.60. The standard InChI is InChI=1S/C24H18FN3O6/c1-14(27-23(30)19-3-2-4-20(28(32)33)21(19)24(27)31)22(29)26-13-15-5-9-17(10-6-15)34-18-11-7-16(25)8-12-18/h2-12,14H,13H2,1H3,(H,26,29)/t14-/m0/s1. The van der Waals surface area contributed by atoms with Crippen molar-refractivity contribution in [3.8, 4) is 11.5 Å². The zero-order chi connectivity index (χ0) is 24.4. The molecule has 0 saturated heterocycles. The predicted molar refractivity (Wildman–Crippen MR) is 118 cm³/mol. The van der Waals surface area contributed by atoms with Crippen molar-refractivity contribution >= 4 is 23.4 Å². The molecule has 0 unspecified atom stereocenters. The summed E-state index contributed by atoms with van der Waals surface area (Å²) in [6.45, 7) is 1.49. The van der Waals surface area contributed by atoms with Crippen molar-refractivity contribution in [2.24, 2.45) is 0 Å². The van der Waals surface area contributed by atoms with Crippen LogP contribution in [-0.4, -0.2) is 33.6 Å². The third-order valence-corrected chi connectivity index (χ3v) is 5.33. The number of carbonyl (C=O) groups excluding carboxylic acids is 3. The third kappa shape index (κ3) is 4.33. The molecular weight excluding hydrogens is 445 g/mol. The monoisotopic (exact) mass is 463 g/mol. The zero-order valence-corrected chi connectivity index (χ0v) is 17.9. The first kappa shape index (κ1) is 22.6. The molecule has 0 aromatic heterocycles. The molecule has 10 heteroatoms. The lowest BCUT2D eigenvalue weighted by molar-refractivity contribution is -0.385. The molecule has 172 valence electrons. The Balaban J connectivity index is 1.39. The van der Waals surface area contributed by atoms with Crippen molar-refractivity contribution in [3.63, 3.8) is 0 Å². The first-order valence-corrected chi connectivity index (χ1v) is 10.2. The molecule has 1 heterocycles. The maximum Gasteiger partial charge on any atom is 0.282 e. The van der Waals surface area contributed by atoms with Crippen LogP contribution >= 0.6 is 0 Å². The highest BCUT2D eigenvalue weighted by Gasteiger charge is 2.44. The van der Waals surface area contributed by atoms with Gasteiger partial charge in [-0.15, -0.1) is 0 Å². The van der Waals surface area contributed by atoms with Crippen molar-refractivity contribution in [2.75, 3.05) is 0 Å². The highest BCUT2D eigenvalue weighted by atomic mass is 19.1. The number of benzene rings is 3. The average Bonchev–Trinajstić information content (AvgIpc) is 3.09. The Morgan fingerprint density at radius 1 is 1.03 bits per heavy atom. The molecule has 0 fully saturated rings. The predicted octanol–water partition coefficient (Wildman–Crippen LogP) is 3.83. The number of nitro benzene ring substituents is 1. The van der Waals surface area contributed by atoms with Gasteiger partial charge in [0.05, 0.1) is 10.5 Å². The SMILES string of the molecule is C[C@@H](C(=O)NCc1ccc(Oc2ccc(F)cc2)cc1)N1C(=O)c2cccc([N+](=O)[O-])c2C1=O. The lowest BCUT2D eigenvalue weighted by Crippen LogP contribution is -2.47. The second kappa shape index (κ2) is 9.10. The Morgan fingerprint density at radius 3 is 2.26 bits per heavy atom. The van der Waals surface area contributed by atoms with Gasteiger partial charge >= 0.3 is 0 Å². The molecule has 0 spiro atoms. The maximum absolute atomic E-state index is 13.0. The van der Waals surface area contributed by atoms with Gasteiger partial charge in [0.2, 0.25) is 5.91 Å². The first-order valence-electron chi connectivity index (χ1n) is 10.2. The number of carbonyl (C=O) groups is 3. The highest BCUT2D eigenvalue weighted by molar-refractivity contribution is 6.24. The highest BCUT2D eigenvalue weighted by Crippen LogP contribution is 2.32. The summed E-state index contributed by atoms with van der Waals surface area (Å²) in [5.74, 6) is -1.61. The molecule has 0 saturated carbocycles. The molecular formula is C24H18FN3O6. The van der Waals surface area contributed by atoms with Crippen LogP contribution in [0.15, 0.2) is 66.7 Å². The molecule has 0 radical (unpaired) electrons. The number of imide groups is 1. The van der Waals surface area contributed by atoms with Crippen molar-refractivity contribution in [2.45, 2.75) is 19.5 Å². The van der Waals surface area contributed by atoms with E-state index in [1.165, 1.54) is 43.3 Å². The van der Waals surface area contributed by atoms with E-state index in [1.54, 1.807) is 24.3 Å². The molecule has 0 bridgehead atoms. The van der Waals surface area contributed by atoms with Crippen LogP contribution in [0.2, 0.25) is 0 Å². The van der Waals surface area contributed by atoms with Crippen LogP contribution in [0.3, 0.4) is 0 Å². The van der Waals surface area contributed by atoms with Gasteiger partial charge in [0.15, 0.2) is 0 Å². The number of fused-ring (bicyclic) bond motifs is 1. The molecule has 1 N–H and O–H groups in total. The van der Waals surface area contributed by atoms with E-state index < -0.39 is 34.4 Å². The van der Waals surface area contributed by atoms with E-state index in [0.29, 0.717) is 11.5 Å². The average molecular weight is 463 g/mol. The van der Waals surface area contributed by atoms with Gasteiger partial charge in [0.25, 0.3) is 17.5 Å². The Morgan fingerprint density at radius 2 is 1.65 bits per heavy atom. The van der Waals surface area contributed by atoms with Crippen molar-refractivity contribution in [1.29, 1.82) is 0 Å². The van der Waals surface area contributed by atoms with Crippen LogP contribution < -0.4 is 10.1 Å². The lowest BCUT2D eigenvalue weighted by Gasteiger charge is -2.21. The van der Waals surface area contributed by atoms with Crippen LogP contribution in [0, 0.1) is 15.9 Å². The molecule has 3 aromatic rings. The molecule has 3 amide bonds. The number of nitrogens with one attached hydrogen (secondary N) is 1. The molecule has 1 atom stereocenters. The van der Waals surface area contributed by atoms with Crippen LogP contribution in [0.4, 0.5) is 10.1 Å². The van der Waals surface area contributed by atoms with Crippen molar-refractivity contribution < 1.29 is 28.4 Å². The minimum atomic E-state index is -1.17. The van der Waals surface area contributed by atoms with E-state index in [-0.39, 0.29) is 23.5 Å². The molecule has 4 rings (SSSR count). The van der Waals surface area contributed by atoms with E-state index in [1.807, 2.05) is 0 Å². The molecule has 1 aliphatic rings. The lowest BCUT2D eigenvalue weighted by atomic mass is 10.1. The Kier molecular flexibility index (Phi) is 6.05. The van der Waals surface area contributed by atoms with E-state index in [0.717, 1.165) is 16.5 Å². The second-order valence-electron chi connectivity index (χ2n) is 7.53. The Bertz CT molecular complexity index is 1290. The van der Waals surface area contributed by atoms with Crippen LogP contribution in [0.1, 0.15) is 33.2 Å². The number of hydrogen-bond donors (Lipinski definition) is 1. The largest absolute Gasteiger partial charge is 0.457 e. The fourth-order valence-corrected chi connectivity index (χ4v) is 3.56. The second-order valence-corrected chi connectivity index (χ2v) is 7.53. The van der Waals surface area contributed by atoms with E-state index in [9.17, 15) is 28.9 Å². The topological polar surface area (TPSA) is 119 Å². The normalized spacial score (nSPS) is 13.4. The summed E-state index contributed by atoms with van der Waals surface area (Å²) in [5.41, 5.74) is -0.164. The van der Waals surface area contributed by atoms with E-state index in [2.05, 4.69) is 5.32 Å². The minimum Gasteiger partial charge on any atom is -0.457 e. The molecule has 9 nitrogen and oxygen atoms in total. The smallest absolute Gasteiger partial charge is 0.282 e. The van der Waals surface area contributed by atoms with Gasteiger partial charge in [-0.2, -0.15) is 0 Å². The number of hydrogen-bond acceptors (Lipinski definition) is 6. The molecule has 34 heavy (non-hydrogen) atoms. The molecule has 1 aliphatic heterocycles. The van der Waals surface area contributed by atoms with Crippen LogP contribution in [0.5, 0.6) is 11.5 Å². The van der Waals surface area contributed by atoms with Gasteiger partial charge in [-0.3, -0.25) is 29.4 Å². The van der Waals surface area contributed by atoms with Crippen LogP contribution in [0.25, 0.3) is 0 Å². The number of halogens is 1.